The summed E-state index contributed by atoms with van der Waals surface area (Å²) in [7, 11) is -3.65. The predicted molar refractivity (Wildman–Crippen MR) is 104 cm³/mol. The maximum atomic E-state index is 12.4. The Labute approximate surface area is 158 Å². The number of ether oxygens (including phenoxy) is 2. The van der Waals surface area contributed by atoms with Gasteiger partial charge < -0.3 is 14.8 Å². The number of aryl methyl sites for hydroxylation is 1. The van der Waals surface area contributed by atoms with E-state index in [2.05, 4.69) is 10.0 Å². The summed E-state index contributed by atoms with van der Waals surface area (Å²) in [6.45, 7) is 4.43. The Balaban J connectivity index is 1.60. The van der Waals surface area contributed by atoms with E-state index in [1.807, 2.05) is 19.1 Å². The molecule has 2 aromatic carbocycles. The minimum atomic E-state index is -3.65. The van der Waals surface area contributed by atoms with Crippen LogP contribution in [0.4, 0.5) is 11.4 Å². The molecule has 1 aliphatic rings. The van der Waals surface area contributed by atoms with Crippen LogP contribution in [-0.4, -0.2) is 33.3 Å². The van der Waals surface area contributed by atoms with Gasteiger partial charge in [-0.1, -0.05) is 24.6 Å². The quantitative estimate of drug-likeness (QED) is 0.791. The van der Waals surface area contributed by atoms with Gasteiger partial charge in [0.15, 0.2) is 11.5 Å². The Morgan fingerprint density at radius 2 is 1.67 bits per heavy atom. The summed E-state index contributed by atoms with van der Waals surface area (Å²) in [5.74, 6) is -0.267. The van der Waals surface area contributed by atoms with Gasteiger partial charge in [-0.3, -0.25) is 9.52 Å². The molecule has 0 fully saturated rings. The molecule has 0 radical (unpaired) electrons. The number of fused-ring (bicyclic) bond motifs is 1. The topological polar surface area (TPSA) is 93.7 Å². The molecule has 3 rings (SSSR count). The monoisotopic (exact) mass is 390 g/mol. The molecule has 1 atom stereocenters. The predicted octanol–water partition coefficient (Wildman–Crippen LogP) is 2.78. The first kappa shape index (κ1) is 19.0. The number of carbonyl (C=O) groups is 1. The van der Waals surface area contributed by atoms with Gasteiger partial charge >= 0.3 is 0 Å². The average Bonchev–Trinajstić information content (AvgIpc) is 2.63. The van der Waals surface area contributed by atoms with Gasteiger partial charge in [0.1, 0.15) is 13.2 Å². The molecular formula is C19H22N2O5S. The van der Waals surface area contributed by atoms with E-state index in [1.54, 1.807) is 37.3 Å². The Bertz CT molecular complexity index is 926. The zero-order valence-electron chi connectivity index (χ0n) is 15.2. The fraction of sp³-hybridized carbons (Fsp3) is 0.316. The normalized spacial score (nSPS) is 14.3. The number of carbonyl (C=O) groups excluding carboxylic acids is 1. The van der Waals surface area contributed by atoms with Gasteiger partial charge in [0, 0.05) is 17.4 Å². The van der Waals surface area contributed by atoms with Crippen molar-refractivity contribution in [2.75, 3.05) is 29.0 Å². The van der Waals surface area contributed by atoms with Gasteiger partial charge in [-0.2, -0.15) is 0 Å². The second kappa shape index (κ2) is 7.87. The van der Waals surface area contributed by atoms with Gasteiger partial charge in [0.25, 0.3) is 0 Å². The largest absolute Gasteiger partial charge is 0.486 e. The average molecular weight is 390 g/mol. The van der Waals surface area contributed by atoms with E-state index in [0.29, 0.717) is 36.1 Å². The van der Waals surface area contributed by atoms with E-state index < -0.39 is 15.9 Å². The van der Waals surface area contributed by atoms with Crippen molar-refractivity contribution in [1.82, 2.24) is 0 Å². The lowest BCUT2D eigenvalue weighted by molar-refractivity contribution is -0.118. The van der Waals surface area contributed by atoms with Crippen molar-refractivity contribution in [3.63, 3.8) is 0 Å². The van der Waals surface area contributed by atoms with Crippen LogP contribution in [0.1, 0.15) is 12.5 Å². The highest BCUT2D eigenvalue weighted by molar-refractivity contribution is 7.92. The second-order valence-electron chi connectivity index (χ2n) is 6.50. The number of rotatable bonds is 6. The molecule has 1 unspecified atom stereocenters. The van der Waals surface area contributed by atoms with E-state index in [-0.39, 0.29) is 11.7 Å². The SMILES string of the molecule is Cc1ccc(NS(=O)(=O)CC(C)C(=O)Nc2ccc3c(c2)OCCO3)cc1. The van der Waals surface area contributed by atoms with Crippen molar-refractivity contribution < 1.29 is 22.7 Å². The summed E-state index contributed by atoms with van der Waals surface area (Å²) in [4.78, 5) is 12.4. The standard InChI is InChI=1S/C19H22N2O5S/c1-13-3-5-15(6-4-13)21-27(23,24)12-14(2)19(22)20-16-7-8-17-18(11-16)26-10-9-25-17/h3-8,11,14,21H,9-10,12H2,1-2H3,(H,20,22). The van der Waals surface area contributed by atoms with Crippen LogP contribution in [0.3, 0.4) is 0 Å². The molecular weight excluding hydrogens is 368 g/mol. The number of amides is 1. The third-order valence-corrected chi connectivity index (χ3v) is 5.54. The highest BCUT2D eigenvalue weighted by atomic mass is 32.2. The molecule has 1 heterocycles. The van der Waals surface area contributed by atoms with Crippen LogP contribution >= 0.6 is 0 Å². The molecule has 0 aromatic heterocycles. The number of anilines is 2. The van der Waals surface area contributed by atoms with Gasteiger partial charge in [-0.05, 0) is 31.2 Å². The molecule has 2 N–H and O–H groups in total. The lowest BCUT2D eigenvalue weighted by atomic mass is 10.2. The first-order chi connectivity index (χ1) is 12.8. The fourth-order valence-corrected chi connectivity index (χ4v) is 4.02. The van der Waals surface area contributed by atoms with Crippen molar-refractivity contribution >= 4 is 27.3 Å². The van der Waals surface area contributed by atoms with Crippen LogP contribution in [0, 0.1) is 12.8 Å². The minimum Gasteiger partial charge on any atom is -0.486 e. The summed E-state index contributed by atoms with van der Waals surface area (Å²) < 4.78 is 38.0. The van der Waals surface area contributed by atoms with E-state index in [4.69, 9.17) is 9.47 Å². The zero-order valence-corrected chi connectivity index (χ0v) is 16.0. The summed E-state index contributed by atoms with van der Waals surface area (Å²) >= 11 is 0. The van der Waals surface area contributed by atoms with Gasteiger partial charge in [-0.15, -0.1) is 0 Å². The van der Waals surface area contributed by atoms with Gasteiger partial charge in [0.05, 0.1) is 11.7 Å². The molecule has 27 heavy (non-hydrogen) atoms. The lowest BCUT2D eigenvalue weighted by Crippen LogP contribution is -2.30. The number of benzene rings is 2. The minimum absolute atomic E-state index is 0.322. The van der Waals surface area contributed by atoms with E-state index >= 15 is 0 Å². The van der Waals surface area contributed by atoms with Crippen molar-refractivity contribution in [2.45, 2.75) is 13.8 Å². The summed E-state index contributed by atoms with van der Waals surface area (Å²) in [5.41, 5.74) is 2.03. The number of sulfonamides is 1. The molecule has 144 valence electrons. The third kappa shape index (κ3) is 5.13. The Hall–Kier alpha value is -2.74. The molecule has 0 bridgehead atoms. The first-order valence-corrected chi connectivity index (χ1v) is 10.3. The number of hydrogen-bond donors (Lipinski definition) is 2. The Kier molecular flexibility index (Phi) is 5.55. The van der Waals surface area contributed by atoms with Crippen molar-refractivity contribution in [1.29, 1.82) is 0 Å². The molecule has 1 amide bonds. The number of hydrogen-bond acceptors (Lipinski definition) is 5. The van der Waals surface area contributed by atoms with Crippen LogP contribution in [-0.2, 0) is 14.8 Å². The Morgan fingerprint density at radius 1 is 1.04 bits per heavy atom. The summed E-state index contributed by atoms with van der Waals surface area (Å²) in [6.07, 6.45) is 0. The summed E-state index contributed by atoms with van der Waals surface area (Å²) in [5, 5.41) is 2.72. The lowest BCUT2D eigenvalue weighted by Gasteiger charge is -2.19. The fourth-order valence-electron chi connectivity index (χ4n) is 2.63. The molecule has 1 aliphatic heterocycles. The van der Waals surface area contributed by atoms with Crippen molar-refractivity contribution in [3.05, 3.63) is 48.0 Å². The van der Waals surface area contributed by atoms with Crippen LogP contribution in [0.25, 0.3) is 0 Å². The van der Waals surface area contributed by atoms with E-state index in [0.717, 1.165) is 5.56 Å². The van der Waals surface area contributed by atoms with Crippen LogP contribution in [0.15, 0.2) is 42.5 Å². The highest BCUT2D eigenvalue weighted by Crippen LogP contribution is 2.32. The maximum absolute atomic E-state index is 12.4. The first-order valence-electron chi connectivity index (χ1n) is 8.60. The highest BCUT2D eigenvalue weighted by Gasteiger charge is 2.22. The molecule has 8 heteroatoms. The van der Waals surface area contributed by atoms with Crippen LogP contribution in [0.5, 0.6) is 11.5 Å². The number of nitrogens with one attached hydrogen (secondary N) is 2. The maximum Gasteiger partial charge on any atom is 0.233 e. The molecule has 0 spiro atoms. The van der Waals surface area contributed by atoms with Crippen molar-refractivity contribution in [2.24, 2.45) is 5.92 Å². The van der Waals surface area contributed by atoms with Crippen LogP contribution in [0.2, 0.25) is 0 Å². The van der Waals surface area contributed by atoms with Crippen molar-refractivity contribution in [3.8, 4) is 11.5 Å². The molecule has 2 aromatic rings. The molecule has 0 aliphatic carbocycles. The third-order valence-electron chi connectivity index (χ3n) is 4.05. The zero-order chi connectivity index (χ0) is 19.4. The molecule has 0 saturated carbocycles. The molecule has 7 nitrogen and oxygen atoms in total. The Morgan fingerprint density at radius 3 is 2.37 bits per heavy atom. The summed E-state index contributed by atoms with van der Waals surface area (Å²) in [6, 6.07) is 12.1. The van der Waals surface area contributed by atoms with E-state index in [1.165, 1.54) is 0 Å². The van der Waals surface area contributed by atoms with Crippen LogP contribution < -0.4 is 19.5 Å². The molecule has 0 saturated heterocycles. The van der Waals surface area contributed by atoms with E-state index in [9.17, 15) is 13.2 Å². The smallest absolute Gasteiger partial charge is 0.233 e. The van der Waals surface area contributed by atoms with Gasteiger partial charge in [-0.25, -0.2) is 8.42 Å². The second-order valence-corrected chi connectivity index (χ2v) is 8.27. The van der Waals surface area contributed by atoms with Gasteiger partial charge in [0.2, 0.25) is 15.9 Å².